The number of hydrogen-bond donors (Lipinski definition) is 1. The van der Waals surface area contributed by atoms with E-state index in [-0.39, 0.29) is 5.91 Å². The molecule has 0 saturated carbocycles. The summed E-state index contributed by atoms with van der Waals surface area (Å²) in [5.41, 5.74) is 2.29. The molecule has 0 atom stereocenters. The van der Waals surface area contributed by atoms with Gasteiger partial charge in [-0.1, -0.05) is 12.1 Å². The van der Waals surface area contributed by atoms with Gasteiger partial charge in [0, 0.05) is 24.8 Å². The summed E-state index contributed by atoms with van der Waals surface area (Å²) >= 11 is 0. The third-order valence-corrected chi connectivity index (χ3v) is 3.84. The van der Waals surface area contributed by atoms with E-state index < -0.39 is 0 Å². The first-order valence-corrected chi connectivity index (χ1v) is 7.67. The SMILES string of the molecule is Cc1cccc(NC(=O)c2cc(N3CCCCC3)ncn2)c1. The Bertz CT molecular complexity index is 665. The van der Waals surface area contributed by atoms with Crippen molar-refractivity contribution in [3.05, 3.63) is 47.9 Å². The Morgan fingerprint density at radius 2 is 1.95 bits per heavy atom. The fourth-order valence-corrected chi connectivity index (χ4v) is 2.69. The van der Waals surface area contributed by atoms with E-state index in [1.54, 1.807) is 6.07 Å². The normalized spacial score (nSPS) is 14.7. The molecule has 0 bridgehead atoms. The van der Waals surface area contributed by atoms with E-state index >= 15 is 0 Å². The molecule has 22 heavy (non-hydrogen) atoms. The highest BCUT2D eigenvalue weighted by atomic mass is 16.1. The zero-order chi connectivity index (χ0) is 15.4. The van der Waals surface area contributed by atoms with Crippen LogP contribution >= 0.6 is 0 Å². The summed E-state index contributed by atoms with van der Waals surface area (Å²) < 4.78 is 0. The number of piperidine rings is 1. The molecule has 1 amide bonds. The largest absolute Gasteiger partial charge is 0.357 e. The fraction of sp³-hybridized carbons (Fsp3) is 0.353. The van der Waals surface area contributed by atoms with Crippen LogP contribution in [0.3, 0.4) is 0 Å². The van der Waals surface area contributed by atoms with Crippen LogP contribution in [0, 0.1) is 6.92 Å². The van der Waals surface area contributed by atoms with E-state index in [0.717, 1.165) is 30.2 Å². The van der Waals surface area contributed by atoms with Crippen molar-refractivity contribution in [2.45, 2.75) is 26.2 Å². The highest BCUT2D eigenvalue weighted by Crippen LogP contribution is 2.18. The van der Waals surface area contributed by atoms with Gasteiger partial charge >= 0.3 is 0 Å². The van der Waals surface area contributed by atoms with Crippen LogP contribution in [0.4, 0.5) is 11.5 Å². The number of carbonyl (C=O) groups is 1. The Morgan fingerprint density at radius 1 is 1.14 bits per heavy atom. The standard InChI is InChI=1S/C17H20N4O/c1-13-6-5-7-14(10-13)20-17(22)15-11-16(19-12-18-15)21-8-3-2-4-9-21/h5-7,10-12H,2-4,8-9H2,1H3,(H,20,22). The van der Waals surface area contributed by atoms with Crippen molar-refractivity contribution in [2.24, 2.45) is 0 Å². The van der Waals surface area contributed by atoms with Crippen molar-refractivity contribution >= 4 is 17.4 Å². The van der Waals surface area contributed by atoms with Gasteiger partial charge in [-0.05, 0) is 43.9 Å². The molecule has 5 heteroatoms. The summed E-state index contributed by atoms with van der Waals surface area (Å²) in [5.74, 6) is 0.635. The van der Waals surface area contributed by atoms with Crippen LogP contribution in [0.15, 0.2) is 36.7 Å². The number of aryl methyl sites for hydroxylation is 1. The number of nitrogens with one attached hydrogen (secondary N) is 1. The van der Waals surface area contributed by atoms with Crippen molar-refractivity contribution in [2.75, 3.05) is 23.3 Å². The summed E-state index contributed by atoms with van der Waals surface area (Å²) in [5, 5.41) is 2.88. The van der Waals surface area contributed by atoms with Crippen LogP contribution in [0.2, 0.25) is 0 Å². The lowest BCUT2D eigenvalue weighted by Crippen LogP contribution is -2.30. The van der Waals surface area contributed by atoms with Crippen molar-refractivity contribution in [3.63, 3.8) is 0 Å². The molecule has 0 spiro atoms. The molecule has 1 N–H and O–H groups in total. The van der Waals surface area contributed by atoms with Gasteiger partial charge in [0.15, 0.2) is 0 Å². The Labute approximate surface area is 130 Å². The number of amides is 1. The maximum absolute atomic E-state index is 12.3. The van der Waals surface area contributed by atoms with Gasteiger partial charge in [0.05, 0.1) is 0 Å². The van der Waals surface area contributed by atoms with E-state index in [4.69, 9.17) is 0 Å². The third-order valence-electron chi connectivity index (χ3n) is 3.84. The Balaban J connectivity index is 1.75. The second-order valence-corrected chi connectivity index (χ2v) is 5.63. The highest BCUT2D eigenvalue weighted by Gasteiger charge is 2.15. The number of nitrogens with zero attached hydrogens (tertiary/aromatic N) is 3. The zero-order valence-corrected chi connectivity index (χ0v) is 12.7. The molecule has 3 rings (SSSR count). The lowest BCUT2D eigenvalue weighted by Gasteiger charge is -2.27. The van der Waals surface area contributed by atoms with Crippen LogP contribution < -0.4 is 10.2 Å². The van der Waals surface area contributed by atoms with Gasteiger partial charge in [-0.25, -0.2) is 9.97 Å². The molecule has 0 unspecified atom stereocenters. The van der Waals surface area contributed by atoms with E-state index in [2.05, 4.69) is 20.2 Å². The van der Waals surface area contributed by atoms with Crippen LogP contribution in [0.5, 0.6) is 0 Å². The molecule has 1 fully saturated rings. The molecule has 2 aromatic rings. The van der Waals surface area contributed by atoms with Crippen LogP contribution in [-0.4, -0.2) is 29.0 Å². The minimum atomic E-state index is -0.203. The minimum Gasteiger partial charge on any atom is -0.357 e. The monoisotopic (exact) mass is 296 g/mol. The number of aromatic nitrogens is 2. The van der Waals surface area contributed by atoms with Crippen molar-refractivity contribution in [3.8, 4) is 0 Å². The summed E-state index contributed by atoms with van der Waals surface area (Å²) in [6, 6.07) is 9.50. The second kappa shape index (κ2) is 6.56. The van der Waals surface area contributed by atoms with Gasteiger partial charge in [0.1, 0.15) is 17.8 Å². The predicted octanol–water partition coefficient (Wildman–Crippen LogP) is 3.03. The third kappa shape index (κ3) is 3.42. The number of carbonyl (C=O) groups excluding carboxylic acids is 1. The van der Waals surface area contributed by atoms with Gasteiger partial charge in [-0.15, -0.1) is 0 Å². The molecule has 114 valence electrons. The summed E-state index contributed by atoms with van der Waals surface area (Å²) in [4.78, 5) is 23.0. The topological polar surface area (TPSA) is 58.1 Å². The maximum Gasteiger partial charge on any atom is 0.274 e. The lowest BCUT2D eigenvalue weighted by molar-refractivity contribution is 0.102. The van der Waals surface area contributed by atoms with E-state index in [1.807, 2.05) is 31.2 Å². The fourth-order valence-electron chi connectivity index (χ4n) is 2.69. The van der Waals surface area contributed by atoms with E-state index in [0.29, 0.717) is 5.69 Å². The summed E-state index contributed by atoms with van der Waals surface area (Å²) in [6.45, 7) is 3.99. The average Bonchev–Trinajstić information content (AvgIpc) is 2.56. The number of hydrogen-bond acceptors (Lipinski definition) is 4. The van der Waals surface area contributed by atoms with Gasteiger partial charge in [-0.2, -0.15) is 0 Å². The first-order chi connectivity index (χ1) is 10.7. The molecule has 1 aliphatic rings. The first-order valence-electron chi connectivity index (χ1n) is 7.67. The van der Waals surface area contributed by atoms with Gasteiger partial charge in [-0.3, -0.25) is 4.79 Å². The maximum atomic E-state index is 12.3. The van der Waals surface area contributed by atoms with Gasteiger partial charge in [0.25, 0.3) is 5.91 Å². The van der Waals surface area contributed by atoms with Gasteiger partial charge in [0.2, 0.25) is 0 Å². The Kier molecular flexibility index (Phi) is 4.32. The molecule has 1 aromatic heterocycles. The second-order valence-electron chi connectivity index (χ2n) is 5.63. The number of anilines is 2. The molecule has 1 saturated heterocycles. The van der Waals surface area contributed by atoms with Crippen LogP contribution in [-0.2, 0) is 0 Å². The average molecular weight is 296 g/mol. The minimum absolute atomic E-state index is 0.203. The zero-order valence-electron chi connectivity index (χ0n) is 12.7. The Hall–Kier alpha value is -2.43. The molecule has 1 aromatic carbocycles. The summed E-state index contributed by atoms with van der Waals surface area (Å²) in [7, 11) is 0. The van der Waals surface area contributed by atoms with Crippen molar-refractivity contribution in [1.82, 2.24) is 9.97 Å². The smallest absolute Gasteiger partial charge is 0.274 e. The number of benzene rings is 1. The highest BCUT2D eigenvalue weighted by molar-refractivity contribution is 6.03. The van der Waals surface area contributed by atoms with Crippen molar-refractivity contribution in [1.29, 1.82) is 0 Å². The quantitative estimate of drug-likeness (QED) is 0.946. The van der Waals surface area contributed by atoms with E-state index in [9.17, 15) is 4.79 Å². The Morgan fingerprint density at radius 3 is 2.73 bits per heavy atom. The predicted molar refractivity (Wildman–Crippen MR) is 87.2 cm³/mol. The van der Waals surface area contributed by atoms with Crippen molar-refractivity contribution < 1.29 is 4.79 Å². The van der Waals surface area contributed by atoms with Crippen LogP contribution in [0.1, 0.15) is 35.3 Å². The molecule has 0 radical (unpaired) electrons. The molecular weight excluding hydrogens is 276 g/mol. The van der Waals surface area contributed by atoms with Gasteiger partial charge < -0.3 is 10.2 Å². The molecule has 1 aliphatic heterocycles. The number of rotatable bonds is 3. The van der Waals surface area contributed by atoms with Crippen LogP contribution in [0.25, 0.3) is 0 Å². The molecule has 0 aliphatic carbocycles. The molecular formula is C17H20N4O. The summed E-state index contributed by atoms with van der Waals surface area (Å²) in [6.07, 6.45) is 5.08. The molecule has 2 heterocycles. The lowest BCUT2D eigenvalue weighted by atomic mass is 10.1. The molecule has 5 nitrogen and oxygen atoms in total. The van der Waals surface area contributed by atoms with E-state index in [1.165, 1.54) is 25.6 Å². The first kappa shape index (κ1) is 14.5.